The minimum absolute atomic E-state index is 0.528. The summed E-state index contributed by atoms with van der Waals surface area (Å²) < 4.78 is 13.2. The summed E-state index contributed by atoms with van der Waals surface area (Å²) in [7, 11) is 0. The Hall–Kier alpha value is -4.28. The maximum Gasteiger partial charge on any atom is 0.417 e. The van der Waals surface area contributed by atoms with E-state index in [9.17, 15) is 0 Å². The molecule has 0 radical (unpaired) electrons. The first-order valence-electron chi connectivity index (χ1n) is 13.9. The van der Waals surface area contributed by atoms with Gasteiger partial charge in [0.2, 0.25) is 11.4 Å². The first kappa shape index (κ1) is 22.5. The lowest BCUT2D eigenvalue weighted by atomic mass is 9.89. The van der Waals surface area contributed by atoms with Crippen LogP contribution in [0, 0.1) is 34.6 Å². The monoisotopic (exact) mass is 536 g/mol. The van der Waals surface area contributed by atoms with Gasteiger partial charge in [-0.05, 0) is 87.5 Å². The van der Waals surface area contributed by atoms with Crippen LogP contribution in [-0.4, -0.2) is 0 Å². The zero-order valence-electron chi connectivity index (χ0n) is 23.2. The number of hydrogen-bond acceptors (Lipinski definition) is 2. The highest BCUT2D eigenvalue weighted by molar-refractivity contribution is 7.20. The smallest absolute Gasteiger partial charge is 0.417 e. The first-order chi connectivity index (χ1) is 19.4. The van der Waals surface area contributed by atoms with Crippen LogP contribution in [0.5, 0.6) is 0 Å². The lowest BCUT2D eigenvalue weighted by molar-refractivity contribution is -0.955. The van der Waals surface area contributed by atoms with Crippen molar-refractivity contribution < 1.29 is 13.6 Å². The van der Waals surface area contributed by atoms with Gasteiger partial charge in [-0.1, -0.05) is 18.2 Å². The van der Waals surface area contributed by atoms with Crippen molar-refractivity contribution in [3.05, 3.63) is 117 Å². The van der Waals surface area contributed by atoms with E-state index in [0.29, 0.717) is 0 Å². The molecular weight excluding hydrogens is 508 g/mol. The highest BCUT2D eigenvalue weighted by atomic mass is 32.1. The summed E-state index contributed by atoms with van der Waals surface area (Å²) in [5.74, 6) is 0. The summed E-state index contributed by atoms with van der Waals surface area (Å²) in [5.41, 5.74) is 14.1. The van der Waals surface area contributed by atoms with Crippen molar-refractivity contribution in [1.29, 1.82) is 0 Å². The van der Waals surface area contributed by atoms with Crippen molar-refractivity contribution >= 4 is 43.4 Å². The molecule has 192 valence electrons. The van der Waals surface area contributed by atoms with E-state index in [1.54, 1.807) is 0 Å². The minimum Gasteiger partial charge on any atom is -0.454 e. The molecule has 0 amide bonds. The molecule has 0 fully saturated rings. The highest BCUT2D eigenvalue weighted by Gasteiger charge is 2.67. The number of hydrogen-bond donors (Lipinski definition) is 0. The Morgan fingerprint density at radius 3 is 2.30 bits per heavy atom. The fourth-order valence-electron chi connectivity index (χ4n) is 7.34. The van der Waals surface area contributed by atoms with E-state index >= 15 is 0 Å². The van der Waals surface area contributed by atoms with Crippen LogP contribution >= 0.6 is 11.3 Å². The lowest BCUT2D eigenvalue weighted by Crippen LogP contribution is -2.71. The van der Waals surface area contributed by atoms with E-state index in [4.69, 9.17) is 4.42 Å². The van der Waals surface area contributed by atoms with Crippen LogP contribution in [-0.2, 0) is 5.66 Å². The summed E-state index contributed by atoms with van der Waals surface area (Å²) in [6.07, 6.45) is 4.67. The van der Waals surface area contributed by atoms with Gasteiger partial charge in [-0.25, -0.2) is 0 Å². The number of fused-ring (bicyclic) bond motifs is 16. The topological polar surface area (TPSA) is 20.9 Å². The van der Waals surface area contributed by atoms with E-state index in [2.05, 4.69) is 123 Å². The average molecular weight is 537 g/mol. The normalized spacial score (nSPS) is 16.7. The number of thiophene rings is 1. The summed E-state index contributed by atoms with van der Waals surface area (Å²) in [6, 6.07) is 25.0. The second-order valence-electron chi connectivity index (χ2n) is 11.6. The number of aryl methyl sites for hydroxylation is 5. The van der Waals surface area contributed by atoms with Crippen LogP contribution in [0.25, 0.3) is 54.5 Å². The molecule has 0 saturated heterocycles. The van der Waals surface area contributed by atoms with Crippen LogP contribution in [0.2, 0.25) is 0 Å². The van der Waals surface area contributed by atoms with Gasteiger partial charge in [0.25, 0.3) is 0 Å². The molecule has 7 aromatic rings. The molecule has 0 bridgehead atoms. The molecule has 4 heteroatoms. The molecule has 1 unspecified atom stereocenters. The molecule has 0 aliphatic carbocycles. The van der Waals surface area contributed by atoms with Crippen molar-refractivity contribution in [3.8, 4) is 22.5 Å². The second kappa shape index (κ2) is 7.26. The quantitative estimate of drug-likeness (QED) is 0.179. The van der Waals surface area contributed by atoms with Gasteiger partial charge in [-0.15, -0.1) is 20.5 Å². The van der Waals surface area contributed by atoms with Crippen molar-refractivity contribution in [3.63, 3.8) is 0 Å². The summed E-state index contributed by atoms with van der Waals surface area (Å²) in [4.78, 5) is 1.35. The highest BCUT2D eigenvalue weighted by Crippen LogP contribution is 2.51. The van der Waals surface area contributed by atoms with Gasteiger partial charge in [0.05, 0.1) is 10.3 Å². The van der Waals surface area contributed by atoms with E-state index in [1.807, 2.05) is 11.3 Å². The van der Waals surface area contributed by atoms with Crippen molar-refractivity contribution in [2.24, 2.45) is 0 Å². The van der Waals surface area contributed by atoms with Crippen LogP contribution in [0.3, 0.4) is 0 Å². The Morgan fingerprint density at radius 1 is 0.675 bits per heavy atom. The van der Waals surface area contributed by atoms with Gasteiger partial charge in [0.15, 0.2) is 18.0 Å². The third-order valence-electron chi connectivity index (χ3n) is 9.51. The summed E-state index contributed by atoms with van der Waals surface area (Å²) >= 11 is 1.85. The maximum absolute atomic E-state index is 6.99. The molecule has 9 rings (SSSR count). The SMILES string of the molecule is Cc1ccc2[n+](c1)C1(c3ccccc3-2)c2ccc3c(oc4c3ccc3c(C)c(C)sc34)c2-c2cc(C)c(C)c[n+]21. The molecule has 1 spiro atoms. The predicted octanol–water partition coefficient (Wildman–Crippen LogP) is 8.18. The number of benzene rings is 3. The molecular formula is C36H28N2OS+2. The molecule has 1 atom stereocenters. The van der Waals surface area contributed by atoms with E-state index in [1.165, 1.54) is 81.6 Å². The third-order valence-corrected chi connectivity index (χ3v) is 10.7. The summed E-state index contributed by atoms with van der Waals surface area (Å²) in [5, 5.41) is 3.67. The molecule has 3 aromatic carbocycles. The van der Waals surface area contributed by atoms with Crippen LogP contribution in [0.15, 0.2) is 83.5 Å². The van der Waals surface area contributed by atoms with Crippen LogP contribution in [0.4, 0.5) is 0 Å². The van der Waals surface area contributed by atoms with Gasteiger partial charge in [0.1, 0.15) is 22.3 Å². The minimum atomic E-state index is -0.528. The van der Waals surface area contributed by atoms with Crippen LogP contribution < -0.4 is 9.13 Å². The summed E-state index contributed by atoms with van der Waals surface area (Å²) in [6.45, 7) is 11.0. The van der Waals surface area contributed by atoms with Gasteiger partial charge in [-0.2, -0.15) is 0 Å². The zero-order chi connectivity index (χ0) is 27.1. The van der Waals surface area contributed by atoms with E-state index in [0.717, 1.165) is 11.2 Å². The lowest BCUT2D eigenvalue weighted by Gasteiger charge is -2.18. The zero-order valence-corrected chi connectivity index (χ0v) is 24.0. The number of furan rings is 1. The molecule has 6 heterocycles. The molecule has 0 saturated carbocycles. The third kappa shape index (κ3) is 2.44. The molecule has 4 aromatic heterocycles. The number of rotatable bonds is 0. The second-order valence-corrected chi connectivity index (χ2v) is 12.9. The largest absolute Gasteiger partial charge is 0.454 e. The Balaban J connectivity index is 1.50. The Morgan fingerprint density at radius 2 is 1.43 bits per heavy atom. The number of aromatic nitrogens is 2. The van der Waals surface area contributed by atoms with Crippen molar-refractivity contribution in [2.75, 3.05) is 0 Å². The average Bonchev–Trinajstić information content (AvgIpc) is 3.64. The number of pyridine rings is 2. The van der Waals surface area contributed by atoms with Gasteiger partial charge >= 0.3 is 5.66 Å². The molecule has 0 N–H and O–H groups in total. The fraction of sp³-hybridized carbons (Fsp3) is 0.167. The molecule has 3 nitrogen and oxygen atoms in total. The van der Waals surface area contributed by atoms with Gasteiger partial charge in [0, 0.05) is 38.9 Å². The van der Waals surface area contributed by atoms with Gasteiger partial charge < -0.3 is 4.42 Å². The Labute approximate surface area is 236 Å². The first-order valence-corrected chi connectivity index (χ1v) is 14.8. The Kier molecular flexibility index (Phi) is 4.09. The van der Waals surface area contributed by atoms with Crippen molar-refractivity contribution in [2.45, 2.75) is 40.3 Å². The fourth-order valence-corrected chi connectivity index (χ4v) is 8.48. The predicted molar refractivity (Wildman–Crippen MR) is 162 cm³/mol. The van der Waals surface area contributed by atoms with Crippen LogP contribution in [0.1, 0.15) is 38.3 Å². The van der Waals surface area contributed by atoms with E-state index in [-0.39, 0.29) is 0 Å². The van der Waals surface area contributed by atoms with Gasteiger partial charge in [-0.3, -0.25) is 0 Å². The molecule has 2 aliphatic heterocycles. The number of nitrogens with zero attached hydrogens (tertiary/aromatic N) is 2. The standard InChI is InChI=1S/C36H28N2OS/c1-19-10-15-30-27-8-6-7-9-28(27)36(37(30)17-19)29-14-13-25-26-12-11-24-22(4)23(5)40-35(24)34(26)39-33(25)32(29)31-16-20(2)21(3)18-38(31)36/h6-18H,1-5H3/q+2. The van der Waals surface area contributed by atoms with Crippen molar-refractivity contribution in [1.82, 2.24) is 0 Å². The molecule has 40 heavy (non-hydrogen) atoms. The maximum atomic E-state index is 6.99. The Bertz CT molecular complexity index is 2290. The molecule has 2 aliphatic rings. The van der Waals surface area contributed by atoms with E-state index < -0.39 is 5.66 Å².